The summed E-state index contributed by atoms with van der Waals surface area (Å²) in [5.41, 5.74) is 2.14. The third-order valence-corrected chi connectivity index (χ3v) is 7.42. The predicted molar refractivity (Wildman–Crippen MR) is 168 cm³/mol. The summed E-state index contributed by atoms with van der Waals surface area (Å²) in [6.45, 7) is 2.43. The zero-order valence-corrected chi connectivity index (χ0v) is 25.3. The van der Waals surface area contributed by atoms with Crippen LogP contribution < -0.4 is 25.8 Å². The van der Waals surface area contributed by atoms with Crippen molar-refractivity contribution >= 4 is 34.7 Å². The second-order valence-electron chi connectivity index (χ2n) is 10.7. The number of hydrogen-bond acceptors (Lipinski definition) is 10. The first kappa shape index (κ1) is 30.2. The number of carbonyl (C=O) groups is 2. The van der Waals surface area contributed by atoms with E-state index >= 15 is 0 Å². The molecule has 0 radical (unpaired) electrons. The Labute approximate surface area is 262 Å². The molecule has 0 spiro atoms. The molecule has 1 amide bonds. The Kier molecular flexibility index (Phi) is 8.33. The molecule has 4 aromatic heterocycles. The highest BCUT2D eigenvalue weighted by Crippen LogP contribution is 2.28. The highest BCUT2D eigenvalue weighted by molar-refractivity contribution is 5.94. The van der Waals surface area contributed by atoms with Crippen LogP contribution in [-0.4, -0.2) is 69.0 Å². The number of benzene rings is 1. The number of aromatic nitrogens is 5. The number of alkyl halides is 1. The van der Waals surface area contributed by atoms with Gasteiger partial charge in [-0.05, 0) is 48.9 Å². The maximum absolute atomic E-state index is 13.6. The van der Waals surface area contributed by atoms with Crippen molar-refractivity contribution in [3.8, 4) is 11.6 Å². The first-order valence-corrected chi connectivity index (χ1v) is 14.6. The molecule has 1 fully saturated rings. The Morgan fingerprint density at radius 1 is 1.11 bits per heavy atom. The zero-order valence-electron chi connectivity index (χ0n) is 25.3. The van der Waals surface area contributed by atoms with Gasteiger partial charge in [-0.25, -0.2) is 23.7 Å². The van der Waals surface area contributed by atoms with Gasteiger partial charge in [-0.1, -0.05) is 12.1 Å². The van der Waals surface area contributed by atoms with E-state index in [1.807, 2.05) is 36.2 Å². The van der Waals surface area contributed by atoms with Crippen molar-refractivity contribution in [1.29, 1.82) is 0 Å². The second-order valence-corrected chi connectivity index (χ2v) is 10.7. The third kappa shape index (κ3) is 6.22. The number of pyridine rings is 2. The lowest BCUT2D eigenvalue weighted by Gasteiger charge is -2.21. The summed E-state index contributed by atoms with van der Waals surface area (Å²) in [6, 6.07) is 15.2. The standard InChI is InChI=1S/C32H31FN8O5/c1-4-46-32(44)20-9-12-28(34-16-20)40-13-5-6-23(31(40)43)36-27-15-25(39(2)18-19-7-10-21(45-3)11-8-19)29-35-17-26(41(29)38-27)30(42)37-24-14-22(24)33/h5-13,15-17,22,24H,4,14,18H2,1-3H3,(H,36,38)(H,37,42)/t22-,24+/m0/s1. The molecule has 1 aliphatic rings. The maximum Gasteiger partial charge on any atom is 0.339 e. The molecular weight excluding hydrogens is 595 g/mol. The average Bonchev–Trinajstić information content (AvgIpc) is 3.58. The number of ether oxygens (including phenoxy) is 2. The second kappa shape index (κ2) is 12.7. The van der Waals surface area contributed by atoms with Gasteiger partial charge in [0.15, 0.2) is 17.2 Å². The normalized spacial score (nSPS) is 15.3. The van der Waals surface area contributed by atoms with Crippen molar-refractivity contribution in [3.63, 3.8) is 0 Å². The molecular formula is C32H31FN8O5. The molecule has 4 heterocycles. The van der Waals surface area contributed by atoms with Gasteiger partial charge in [-0.3, -0.25) is 14.2 Å². The summed E-state index contributed by atoms with van der Waals surface area (Å²) < 4.78 is 26.5. The number of rotatable bonds is 11. The number of methoxy groups -OCH3 is 1. The number of halogens is 1. The third-order valence-electron chi connectivity index (χ3n) is 7.42. The first-order chi connectivity index (χ1) is 22.2. The Morgan fingerprint density at radius 2 is 1.89 bits per heavy atom. The van der Waals surface area contributed by atoms with Crippen LogP contribution in [0.5, 0.6) is 5.75 Å². The lowest BCUT2D eigenvalue weighted by Crippen LogP contribution is -2.28. The van der Waals surface area contributed by atoms with Crippen LogP contribution in [0, 0.1) is 0 Å². The smallest absolute Gasteiger partial charge is 0.339 e. The van der Waals surface area contributed by atoms with E-state index in [-0.39, 0.29) is 35.8 Å². The van der Waals surface area contributed by atoms with Crippen molar-refractivity contribution in [2.45, 2.75) is 32.1 Å². The summed E-state index contributed by atoms with van der Waals surface area (Å²) in [5.74, 6) is 0.271. The van der Waals surface area contributed by atoms with Gasteiger partial charge in [0.05, 0.1) is 37.2 Å². The lowest BCUT2D eigenvalue weighted by atomic mass is 10.2. The lowest BCUT2D eigenvalue weighted by molar-refractivity contribution is 0.0525. The predicted octanol–water partition coefficient (Wildman–Crippen LogP) is 3.68. The Bertz CT molecular complexity index is 1960. The summed E-state index contributed by atoms with van der Waals surface area (Å²) in [7, 11) is 3.48. The fourth-order valence-electron chi connectivity index (χ4n) is 4.87. The minimum absolute atomic E-state index is 0.119. The summed E-state index contributed by atoms with van der Waals surface area (Å²) in [5, 5.41) is 10.3. The monoisotopic (exact) mass is 626 g/mol. The number of esters is 1. The number of fused-ring (bicyclic) bond motifs is 1. The molecule has 0 unspecified atom stereocenters. The van der Waals surface area contributed by atoms with Crippen molar-refractivity contribution in [3.05, 3.63) is 100 Å². The van der Waals surface area contributed by atoms with Crippen molar-refractivity contribution in [1.82, 2.24) is 29.5 Å². The van der Waals surface area contributed by atoms with Gasteiger partial charge < -0.3 is 25.0 Å². The number of anilines is 3. The quantitative estimate of drug-likeness (QED) is 0.208. The highest BCUT2D eigenvalue weighted by atomic mass is 19.1. The van der Waals surface area contributed by atoms with Gasteiger partial charge in [-0.2, -0.15) is 0 Å². The Balaban J connectivity index is 1.35. The zero-order chi connectivity index (χ0) is 32.4. The summed E-state index contributed by atoms with van der Waals surface area (Å²) >= 11 is 0. The molecule has 2 N–H and O–H groups in total. The molecule has 13 nitrogen and oxygen atoms in total. The van der Waals surface area contributed by atoms with Crippen LogP contribution in [-0.2, 0) is 11.3 Å². The van der Waals surface area contributed by atoms with Crippen molar-refractivity contribution < 1.29 is 23.5 Å². The van der Waals surface area contributed by atoms with Crippen LogP contribution in [0.15, 0.2) is 78.0 Å². The number of nitrogens with one attached hydrogen (secondary N) is 2. The number of imidazole rings is 1. The molecule has 1 aliphatic carbocycles. The minimum Gasteiger partial charge on any atom is -0.497 e. The molecule has 5 aromatic rings. The molecule has 14 heteroatoms. The van der Waals surface area contributed by atoms with Gasteiger partial charge >= 0.3 is 5.97 Å². The number of amides is 1. The van der Waals surface area contributed by atoms with Gasteiger partial charge in [0.25, 0.3) is 11.5 Å². The number of nitrogens with zero attached hydrogens (tertiary/aromatic N) is 6. The number of hydrogen-bond donors (Lipinski definition) is 2. The van der Waals surface area contributed by atoms with E-state index in [0.29, 0.717) is 23.7 Å². The Morgan fingerprint density at radius 3 is 2.57 bits per heavy atom. The van der Waals surface area contributed by atoms with Crippen LogP contribution in [0.3, 0.4) is 0 Å². The SMILES string of the molecule is CCOC(=O)c1ccc(-n2cccc(Nc3cc(N(C)Cc4ccc(OC)cc4)c4ncc(C(=O)N[C@@H]5C[C@@H]5F)n4n3)c2=O)nc1. The van der Waals surface area contributed by atoms with Gasteiger partial charge in [0.2, 0.25) is 0 Å². The average molecular weight is 627 g/mol. The van der Waals surface area contributed by atoms with Crippen LogP contribution in [0.4, 0.5) is 21.6 Å². The molecule has 0 aliphatic heterocycles. The fraction of sp³-hybridized carbons (Fsp3) is 0.250. The highest BCUT2D eigenvalue weighted by Gasteiger charge is 2.39. The van der Waals surface area contributed by atoms with E-state index in [0.717, 1.165) is 11.3 Å². The molecule has 6 rings (SSSR count). The van der Waals surface area contributed by atoms with E-state index in [4.69, 9.17) is 9.47 Å². The van der Waals surface area contributed by atoms with E-state index in [2.05, 4.69) is 25.7 Å². The molecule has 0 saturated heterocycles. The molecule has 2 atom stereocenters. The van der Waals surface area contributed by atoms with Gasteiger partial charge in [0.1, 0.15) is 23.4 Å². The van der Waals surface area contributed by atoms with E-state index in [1.54, 1.807) is 44.5 Å². The molecule has 0 bridgehead atoms. The molecule has 236 valence electrons. The van der Waals surface area contributed by atoms with E-state index in [1.165, 1.54) is 27.5 Å². The van der Waals surface area contributed by atoms with Crippen LogP contribution >= 0.6 is 0 Å². The summed E-state index contributed by atoms with van der Waals surface area (Å²) in [4.78, 5) is 49.3. The van der Waals surface area contributed by atoms with Gasteiger partial charge in [-0.15, -0.1) is 5.10 Å². The molecule has 1 saturated carbocycles. The van der Waals surface area contributed by atoms with Crippen LogP contribution in [0.25, 0.3) is 11.5 Å². The molecule has 46 heavy (non-hydrogen) atoms. The Hall–Kier alpha value is -5.79. The van der Waals surface area contributed by atoms with E-state index < -0.39 is 29.6 Å². The molecule has 1 aromatic carbocycles. The van der Waals surface area contributed by atoms with Crippen LogP contribution in [0.1, 0.15) is 39.8 Å². The topological polar surface area (TPSA) is 145 Å². The van der Waals surface area contributed by atoms with E-state index in [9.17, 15) is 18.8 Å². The van der Waals surface area contributed by atoms with Gasteiger partial charge in [0, 0.05) is 38.5 Å². The van der Waals surface area contributed by atoms with Crippen molar-refractivity contribution in [2.75, 3.05) is 31.0 Å². The summed E-state index contributed by atoms with van der Waals surface area (Å²) in [6.07, 6.45) is 3.48. The maximum atomic E-state index is 13.6. The first-order valence-electron chi connectivity index (χ1n) is 14.6. The van der Waals surface area contributed by atoms with Crippen molar-refractivity contribution in [2.24, 2.45) is 0 Å². The van der Waals surface area contributed by atoms with Crippen LogP contribution in [0.2, 0.25) is 0 Å². The fourth-order valence-corrected chi connectivity index (χ4v) is 4.87. The number of carbonyl (C=O) groups excluding carboxylic acids is 2. The minimum atomic E-state index is -1.07. The largest absolute Gasteiger partial charge is 0.497 e.